The van der Waals surface area contributed by atoms with Crippen molar-refractivity contribution < 1.29 is 26.3 Å². The monoisotopic (exact) mass is 212 g/mol. The summed E-state index contributed by atoms with van der Waals surface area (Å²) in [6.07, 6.45) is -5.54. The molecule has 0 saturated heterocycles. The average Bonchev–Trinajstić information content (AvgIpc) is 1.58. The molecule has 0 N–H and O–H groups in total. The molecule has 0 nitrogen and oxygen atoms in total. The van der Waals surface area contributed by atoms with E-state index in [0.717, 1.165) is 0 Å². The molecule has 0 bridgehead atoms. The Bertz CT molecular complexity index is 124. The SMILES string of the molecule is C.C.CC(F)(F)C(C)(F)C(F)(F)F. The molecule has 0 aromatic heterocycles. The van der Waals surface area contributed by atoms with Crippen LogP contribution in [0.15, 0.2) is 0 Å². The maximum absolute atomic E-state index is 12.2. The van der Waals surface area contributed by atoms with Gasteiger partial charge >= 0.3 is 6.18 Å². The van der Waals surface area contributed by atoms with Crippen LogP contribution in [0.4, 0.5) is 26.3 Å². The van der Waals surface area contributed by atoms with Gasteiger partial charge in [0.25, 0.3) is 11.6 Å². The first-order valence-electron chi connectivity index (χ1n) is 2.63. The zero-order valence-corrected chi connectivity index (χ0v) is 5.77. The normalized spacial score (nSPS) is 16.6. The summed E-state index contributed by atoms with van der Waals surface area (Å²) in [5.74, 6) is -4.41. The molecule has 1 unspecified atom stereocenters. The Morgan fingerprint density at radius 2 is 0.923 bits per heavy atom. The van der Waals surface area contributed by atoms with E-state index in [-0.39, 0.29) is 28.7 Å². The molecule has 0 aromatic rings. The second kappa shape index (κ2) is 4.19. The van der Waals surface area contributed by atoms with Gasteiger partial charge in [0.2, 0.25) is 0 Å². The van der Waals surface area contributed by atoms with Gasteiger partial charge in [-0.2, -0.15) is 13.2 Å². The van der Waals surface area contributed by atoms with Gasteiger partial charge in [-0.3, -0.25) is 0 Å². The van der Waals surface area contributed by atoms with Gasteiger partial charge in [-0.15, -0.1) is 0 Å². The van der Waals surface area contributed by atoms with Crippen LogP contribution in [-0.4, -0.2) is 17.8 Å². The van der Waals surface area contributed by atoms with Gasteiger partial charge in [0.05, 0.1) is 0 Å². The van der Waals surface area contributed by atoms with Crippen LogP contribution >= 0.6 is 0 Å². The van der Waals surface area contributed by atoms with Crippen molar-refractivity contribution in [1.29, 1.82) is 0 Å². The van der Waals surface area contributed by atoms with Crippen molar-refractivity contribution >= 4 is 0 Å². The predicted octanol–water partition coefficient (Wildman–Crippen LogP) is 4.20. The molecule has 0 heterocycles. The van der Waals surface area contributed by atoms with Crippen molar-refractivity contribution in [2.45, 2.75) is 46.5 Å². The van der Waals surface area contributed by atoms with E-state index < -0.39 is 17.8 Å². The highest BCUT2D eigenvalue weighted by atomic mass is 19.4. The Balaban J connectivity index is -0.000000500. The number of alkyl halides is 6. The summed E-state index contributed by atoms with van der Waals surface area (Å²) in [5, 5.41) is 0. The highest BCUT2D eigenvalue weighted by molar-refractivity contribution is 4.92. The summed E-state index contributed by atoms with van der Waals surface area (Å²) in [6, 6.07) is 0. The van der Waals surface area contributed by atoms with Crippen molar-refractivity contribution in [2.75, 3.05) is 0 Å². The molecule has 1 atom stereocenters. The summed E-state index contributed by atoms with van der Waals surface area (Å²) < 4.78 is 70.5. The minimum Gasteiger partial charge on any atom is -0.227 e. The molecule has 0 saturated carbocycles. The third-order valence-corrected chi connectivity index (χ3v) is 1.36. The molecule has 84 valence electrons. The van der Waals surface area contributed by atoms with E-state index in [1.807, 2.05) is 0 Å². The zero-order chi connectivity index (χ0) is 9.50. The van der Waals surface area contributed by atoms with Gasteiger partial charge in [0.1, 0.15) is 0 Å². The third kappa shape index (κ3) is 3.44. The summed E-state index contributed by atoms with van der Waals surface area (Å²) in [7, 11) is 0. The van der Waals surface area contributed by atoms with Gasteiger partial charge in [0, 0.05) is 6.92 Å². The minimum atomic E-state index is -5.54. The van der Waals surface area contributed by atoms with Crippen LogP contribution in [0, 0.1) is 0 Å². The van der Waals surface area contributed by atoms with Crippen molar-refractivity contribution in [3.63, 3.8) is 0 Å². The Morgan fingerprint density at radius 3 is 0.923 bits per heavy atom. The van der Waals surface area contributed by atoms with Gasteiger partial charge in [-0.1, -0.05) is 14.9 Å². The lowest BCUT2D eigenvalue weighted by Gasteiger charge is -2.28. The molecule has 13 heavy (non-hydrogen) atoms. The fourth-order valence-electron chi connectivity index (χ4n) is 0.249. The first-order valence-corrected chi connectivity index (χ1v) is 2.63. The first kappa shape index (κ1) is 18.4. The van der Waals surface area contributed by atoms with Crippen molar-refractivity contribution in [3.05, 3.63) is 0 Å². The first-order chi connectivity index (χ1) is 4.50. The third-order valence-electron chi connectivity index (χ3n) is 1.36. The highest BCUT2D eigenvalue weighted by Gasteiger charge is 2.65. The zero-order valence-electron chi connectivity index (χ0n) is 5.77. The van der Waals surface area contributed by atoms with E-state index in [2.05, 4.69) is 0 Å². The quantitative estimate of drug-likeness (QED) is 0.571. The maximum Gasteiger partial charge on any atom is 0.428 e. The van der Waals surface area contributed by atoms with E-state index >= 15 is 0 Å². The largest absolute Gasteiger partial charge is 0.428 e. The molecule has 0 aromatic carbocycles. The average molecular weight is 212 g/mol. The smallest absolute Gasteiger partial charge is 0.227 e. The fraction of sp³-hybridized carbons (Fsp3) is 1.00. The van der Waals surface area contributed by atoms with Gasteiger partial charge < -0.3 is 0 Å². The van der Waals surface area contributed by atoms with Crippen molar-refractivity contribution in [3.8, 4) is 0 Å². The minimum absolute atomic E-state index is 0. The van der Waals surface area contributed by atoms with Crippen LogP contribution in [0.25, 0.3) is 0 Å². The lowest BCUT2D eigenvalue weighted by Crippen LogP contribution is -2.51. The molecular weight excluding hydrogens is 198 g/mol. The van der Waals surface area contributed by atoms with E-state index in [9.17, 15) is 26.3 Å². The molecule has 0 spiro atoms. The number of hydrogen-bond donors (Lipinski definition) is 0. The maximum atomic E-state index is 12.2. The molecule has 0 amide bonds. The summed E-state index contributed by atoms with van der Waals surface area (Å²) in [4.78, 5) is 0. The van der Waals surface area contributed by atoms with E-state index in [1.165, 1.54) is 0 Å². The van der Waals surface area contributed by atoms with E-state index in [0.29, 0.717) is 0 Å². The Kier molecular flexibility index (Phi) is 5.93. The molecule has 0 aliphatic rings. The molecule has 0 fully saturated rings. The summed E-state index contributed by atoms with van der Waals surface area (Å²) in [5.41, 5.74) is -4.46. The lowest BCUT2D eigenvalue weighted by molar-refractivity contribution is -0.289. The number of hydrogen-bond acceptors (Lipinski definition) is 0. The molecule has 0 aliphatic heterocycles. The van der Waals surface area contributed by atoms with Crippen LogP contribution in [0.5, 0.6) is 0 Å². The second-order valence-electron chi connectivity index (χ2n) is 2.39. The Labute approximate surface area is 73.9 Å². The number of rotatable bonds is 1. The van der Waals surface area contributed by atoms with Crippen LogP contribution in [0.2, 0.25) is 0 Å². The van der Waals surface area contributed by atoms with Gasteiger partial charge in [0.15, 0.2) is 0 Å². The van der Waals surface area contributed by atoms with Crippen LogP contribution in [0.3, 0.4) is 0 Å². The second-order valence-corrected chi connectivity index (χ2v) is 2.39. The van der Waals surface area contributed by atoms with E-state index in [4.69, 9.17) is 0 Å². The van der Waals surface area contributed by atoms with Gasteiger partial charge in [-0.25, -0.2) is 13.2 Å². The predicted molar refractivity (Wildman–Crippen MR) is 39.7 cm³/mol. The Morgan fingerprint density at radius 1 is 0.692 bits per heavy atom. The summed E-state index contributed by atoms with van der Waals surface area (Å²) >= 11 is 0. The highest BCUT2D eigenvalue weighted by Crippen LogP contribution is 2.44. The molecule has 0 rings (SSSR count). The topological polar surface area (TPSA) is 0 Å². The van der Waals surface area contributed by atoms with Crippen LogP contribution in [-0.2, 0) is 0 Å². The lowest BCUT2D eigenvalue weighted by atomic mass is 10.0. The summed E-state index contributed by atoms with van der Waals surface area (Å²) in [6.45, 7) is -0.298. The van der Waals surface area contributed by atoms with Crippen molar-refractivity contribution in [2.24, 2.45) is 0 Å². The van der Waals surface area contributed by atoms with Gasteiger partial charge in [-0.05, 0) is 6.92 Å². The molecule has 0 radical (unpaired) electrons. The molecular formula is C7H14F6. The van der Waals surface area contributed by atoms with E-state index in [1.54, 1.807) is 0 Å². The van der Waals surface area contributed by atoms with Crippen LogP contribution in [0.1, 0.15) is 28.7 Å². The standard InChI is InChI=1S/C5H6F6.2CH4/c1-3(6,4(2,7)8)5(9,10)11;;/h1-2H3;2*1H4. The number of halogens is 6. The molecule has 0 aliphatic carbocycles. The molecule has 6 heteroatoms. The van der Waals surface area contributed by atoms with Crippen molar-refractivity contribution in [1.82, 2.24) is 0 Å². The fourth-order valence-corrected chi connectivity index (χ4v) is 0.249. The van der Waals surface area contributed by atoms with Crippen LogP contribution < -0.4 is 0 Å². The Hall–Kier alpha value is -0.420.